The Morgan fingerprint density at radius 3 is 2.51 bits per heavy atom. The third kappa shape index (κ3) is 4.35. The number of likely N-dealkylation sites (tertiary alicyclic amines) is 1. The highest BCUT2D eigenvalue weighted by molar-refractivity contribution is 8.02. The molecule has 0 aromatic heterocycles. The number of ether oxygens (including phenoxy) is 1. The fraction of sp³-hybridized carbons (Fsp3) is 0.741. The van der Waals surface area contributed by atoms with E-state index in [0.29, 0.717) is 26.0 Å². The quantitative estimate of drug-likeness (QED) is 0.457. The van der Waals surface area contributed by atoms with Gasteiger partial charge in [0.25, 0.3) is 0 Å². The van der Waals surface area contributed by atoms with E-state index in [1.807, 2.05) is 36.1 Å². The van der Waals surface area contributed by atoms with Crippen LogP contribution in [0.5, 0.6) is 0 Å². The highest BCUT2D eigenvalue weighted by atomic mass is 32.2. The van der Waals surface area contributed by atoms with E-state index >= 15 is 0 Å². The van der Waals surface area contributed by atoms with Gasteiger partial charge >= 0.3 is 5.97 Å². The summed E-state index contributed by atoms with van der Waals surface area (Å²) < 4.78 is 4.64. The second-order valence-electron chi connectivity index (χ2n) is 12.1. The zero-order valence-electron chi connectivity index (χ0n) is 21.8. The molecule has 7 nitrogen and oxygen atoms in total. The Bertz CT molecular complexity index is 934. The number of aliphatic hydroxyl groups excluding tert-OH is 1. The Balaban J connectivity index is 1.84. The van der Waals surface area contributed by atoms with Crippen molar-refractivity contribution >= 4 is 29.5 Å². The number of esters is 1. The molecule has 35 heavy (non-hydrogen) atoms. The Labute approximate surface area is 213 Å². The van der Waals surface area contributed by atoms with Gasteiger partial charge in [-0.2, -0.15) is 0 Å². The second kappa shape index (κ2) is 9.25. The monoisotopic (exact) mass is 504 g/mol. The van der Waals surface area contributed by atoms with Gasteiger partial charge in [-0.1, -0.05) is 52.0 Å². The minimum absolute atomic E-state index is 0.00433. The zero-order chi connectivity index (χ0) is 25.8. The average molecular weight is 505 g/mol. The fourth-order valence-electron chi connectivity index (χ4n) is 6.79. The molecule has 1 unspecified atom stereocenters. The maximum Gasteiger partial charge on any atom is 0.311 e. The van der Waals surface area contributed by atoms with Crippen molar-refractivity contribution < 1.29 is 24.2 Å². The van der Waals surface area contributed by atoms with Crippen LogP contribution in [0.15, 0.2) is 24.3 Å². The third-order valence-corrected chi connectivity index (χ3v) is 9.57. The van der Waals surface area contributed by atoms with Crippen LogP contribution in [0.2, 0.25) is 0 Å². The van der Waals surface area contributed by atoms with Crippen LogP contribution < -0.4 is 0 Å². The molecule has 4 rings (SSSR count). The number of fused-ring (bicyclic) bond motifs is 2. The normalized spacial score (nSPS) is 34.1. The lowest BCUT2D eigenvalue weighted by Gasteiger charge is -2.45. The molecule has 4 heterocycles. The summed E-state index contributed by atoms with van der Waals surface area (Å²) in [6, 6.07) is -1.27. The number of hydrogen-bond acceptors (Lipinski definition) is 6. The van der Waals surface area contributed by atoms with Gasteiger partial charge in [-0.25, -0.2) is 0 Å². The first-order chi connectivity index (χ1) is 16.4. The average Bonchev–Trinajstić information content (AvgIpc) is 3.11. The van der Waals surface area contributed by atoms with Crippen molar-refractivity contribution in [2.75, 3.05) is 19.8 Å². The molecule has 2 amide bonds. The Morgan fingerprint density at radius 1 is 1.17 bits per heavy atom. The molecule has 8 heteroatoms. The van der Waals surface area contributed by atoms with Gasteiger partial charge in [0.05, 0.1) is 35.8 Å². The van der Waals surface area contributed by atoms with Crippen LogP contribution in [0.25, 0.3) is 0 Å². The first-order valence-electron chi connectivity index (χ1n) is 12.8. The molecule has 0 aromatic rings. The number of cyclic esters (lactones) is 1. The summed E-state index contributed by atoms with van der Waals surface area (Å²) in [6.07, 6.45) is 10.0. The van der Waals surface area contributed by atoms with Gasteiger partial charge in [-0.15, -0.1) is 11.8 Å². The van der Waals surface area contributed by atoms with Crippen LogP contribution in [0, 0.1) is 17.3 Å². The molecular weight excluding hydrogens is 464 g/mol. The molecule has 1 N–H and O–H groups in total. The zero-order valence-corrected chi connectivity index (χ0v) is 22.6. The molecule has 0 bridgehead atoms. The lowest BCUT2D eigenvalue weighted by atomic mass is 9.78. The number of amides is 2. The molecule has 0 radical (unpaired) electrons. The lowest BCUT2D eigenvalue weighted by Crippen LogP contribution is -2.60. The van der Waals surface area contributed by atoms with Crippen LogP contribution in [0.1, 0.15) is 60.8 Å². The molecule has 0 aliphatic carbocycles. The number of hydrogen-bond donors (Lipinski definition) is 1. The van der Waals surface area contributed by atoms with Gasteiger partial charge in [-0.05, 0) is 38.5 Å². The maximum atomic E-state index is 14.5. The number of nitrogens with zero attached hydrogens (tertiary/aromatic N) is 2. The number of thioether (sulfide) groups is 1. The van der Waals surface area contributed by atoms with Crippen LogP contribution in [0.3, 0.4) is 0 Å². The minimum atomic E-state index is -0.883. The predicted octanol–water partition coefficient (Wildman–Crippen LogP) is 3.17. The molecule has 1 spiro atoms. The number of aliphatic hydroxyl groups is 1. The van der Waals surface area contributed by atoms with Crippen molar-refractivity contribution in [1.82, 2.24) is 9.80 Å². The van der Waals surface area contributed by atoms with Gasteiger partial charge in [0.15, 0.2) is 0 Å². The largest absolute Gasteiger partial charge is 0.465 e. The molecular formula is C27H40N2O5S. The predicted molar refractivity (Wildman–Crippen MR) is 137 cm³/mol. The molecule has 6 atom stereocenters. The van der Waals surface area contributed by atoms with Crippen molar-refractivity contribution in [2.45, 2.75) is 88.4 Å². The van der Waals surface area contributed by atoms with Crippen molar-refractivity contribution in [1.29, 1.82) is 0 Å². The van der Waals surface area contributed by atoms with Crippen molar-refractivity contribution in [2.24, 2.45) is 17.3 Å². The van der Waals surface area contributed by atoms with Crippen LogP contribution in [-0.4, -0.2) is 80.1 Å². The summed E-state index contributed by atoms with van der Waals surface area (Å²) in [5.41, 5.74) is -0.437. The lowest BCUT2D eigenvalue weighted by molar-refractivity contribution is -0.154. The van der Waals surface area contributed by atoms with E-state index in [4.69, 9.17) is 4.74 Å². The van der Waals surface area contributed by atoms with E-state index in [0.717, 1.165) is 6.42 Å². The highest BCUT2D eigenvalue weighted by Gasteiger charge is 2.72. The molecule has 4 aliphatic rings. The molecule has 0 saturated carbocycles. The minimum Gasteiger partial charge on any atom is -0.465 e. The van der Waals surface area contributed by atoms with Crippen LogP contribution in [-0.2, 0) is 19.1 Å². The molecule has 0 aromatic carbocycles. The van der Waals surface area contributed by atoms with Crippen LogP contribution in [0.4, 0.5) is 0 Å². The van der Waals surface area contributed by atoms with E-state index in [9.17, 15) is 19.5 Å². The van der Waals surface area contributed by atoms with Crippen LogP contribution >= 0.6 is 11.8 Å². The standard InChI is InChI=1S/C27H40N2O5S/c1-7-17(15-30)29-21-23(32)28(26(5,6)16-25(2,3)4)13-10-12-27(21)20(22(29)31)19-18(35-27)11-8-9-14-34-24(19)33/h8,10-12,17-21,30H,7,9,13-16H2,1-6H3/t17-,18+,19-,20-,21?,27-/m0/s1. The summed E-state index contributed by atoms with van der Waals surface area (Å²) in [5, 5.41) is 9.98. The Morgan fingerprint density at radius 2 is 1.89 bits per heavy atom. The van der Waals surface area contributed by atoms with Crippen molar-refractivity contribution in [3.8, 4) is 0 Å². The Kier molecular flexibility index (Phi) is 6.95. The van der Waals surface area contributed by atoms with E-state index < -0.39 is 34.2 Å². The summed E-state index contributed by atoms with van der Waals surface area (Å²) in [6.45, 7) is 13.1. The number of carbonyl (C=O) groups excluding carboxylic acids is 3. The number of rotatable bonds is 5. The van der Waals surface area contributed by atoms with Gasteiger partial charge in [0.1, 0.15) is 6.04 Å². The van der Waals surface area contributed by atoms with E-state index in [-0.39, 0.29) is 35.1 Å². The molecule has 4 aliphatic heterocycles. The summed E-state index contributed by atoms with van der Waals surface area (Å²) in [5.74, 6) is -2.06. The molecule has 194 valence electrons. The summed E-state index contributed by atoms with van der Waals surface area (Å²) >= 11 is 1.55. The topological polar surface area (TPSA) is 87.2 Å². The van der Waals surface area contributed by atoms with E-state index in [1.54, 1.807) is 16.7 Å². The first-order valence-corrected chi connectivity index (χ1v) is 13.7. The summed E-state index contributed by atoms with van der Waals surface area (Å²) in [4.78, 5) is 45.3. The highest BCUT2D eigenvalue weighted by Crippen LogP contribution is 2.61. The molecule has 2 saturated heterocycles. The van der Waals surface area contributed by atoms with Crippen molar-refractivity contribution in [3.05, 3.63) is 24.3 Å². The SMILES string of the molecule is CC[C@@H](CO)N1C(=O)[C@@H]2[C@H]3C(=O)OCCC=C[C@H]3S[C@@]23C=CCN(C(C)(C)CC(C)(C)C)C(=O)C13. The first kappa shape index (κ1) is 26.3. The Hall–Kier alpha value is -1.80. The van der Waals surface area contributed by atoms with Crippen molar-refractivity contribution in [3.63, 3.8) is 0 Å². The van der Waals surface area contributed by atoms with Gasteiger partial charge in [-0.3, -0.25) is 14.4 Å². The number of carbonyl (C=O) groups is 3. The second-order valence-corrected chi connectivity index (χ2v) is 13.6. The molecule has 2 fully saturated rings. The van der Waals surface area contributed by atoms with Gasteiger partial charge in [0, 0.05) is 17.3 Å². The summed E-state index contributed by atoms with van der Waals surface area (Å²) in [7, 11) is 0. The van der Waals surface area contributed by atoms with E-state index in [1.165, 1.54) is 0 Å². The van der Waals surface area contributed by atoms with E-state index in [2.05, 4.69) is 34.6 Å². The maximum absolute atomic E-state index is 14.5. The smallest absolute Gasteiger partial charge is 0.311 e. The fourth-order valence-corrected chi connectivity index (χ4v) is 8.78. The van der Waals surface area contributed by atoms with Gasteiger partial charge < -0.3 is 19.6 Å². The van der Waals surface area contributed by atoms with Gasteiger partial charge in [0.2, 0.25) is 11.8 Å². The third-order valence-electron chi connectivity index (χ3n) is 7.83.